The summed E-state index contributed by atoms with van der Waals surface area (Å²) in [5, 5.41) is 14.5. The van der Waals surface area contributed by atoms with E-state index in [0.29, 0.717) is 43.8 Å². The number of halogens is 2. The average molecular weight is 502 g/mol. The van der Waals surface area contributed by atoms with Crippen molar-refractivity contribution in [3.8, 4) is 11.3 Å². The number of benzene rings is 3. The van der Waals surface area contributed by atoms with Crippen LogP contribution in [0.5, 0.6) is 0 Å². The van der Waals surface area contributed by atoms with Crippen LogP contribution in [-0.2, 0) is 0 Å². The molecule has 35 heavy (non-hydrogen) atoms. The number of para-hydroxylation sites is 1. The number of nitrogens with zero attached hydrogens (tertiary/aromatic N) is 5. The van der Waals surface area contributed by atoms with Gasteiger partial charge in [0, 0.05) is 16.1 Å². The monoisotopic (exact) mass is 501 g/mol. The molecule has 0 saturated carbocycles. The average Bonchev–Trinajstić information content (AvgIpc) is 3.41. The summed E-state index contributed by atoms with van der Waals surface area (Å²) in [4.78, 5) is 17.7. The van der Waals surface area contributed by atoms with E-state index in [1.807, 2.05) is 42.5 Å². The number of hydrogen-bond donors (Lipinski definition) is 0. The SMILES string of the molecule is Cc1nc2ccccc2c(=O)n1/N=C(/N=Nc1cc(Cl)ccc1Cl)c1cccc(-c2ccco2)c1. The van der Waals surface area contributed by atoms with E-state index >= 15 is 0 Å². The second-order valence-corrected chi connectivity index (χ2v) is 8.41. The molecule has 0 spiro atoms. The van der Waals surface area contributed by atoms with Gasteiger partial charge in [-0.25, -0.2) is 4.98 Å². The number of aryl methyl sites for hydroxylation is 1. The molecule has 0 aliphatic carbocycles. The predicted molar refractivity (Wildman–Crippen MR) is 138 cm³/mol. The maximum Gasteiger partial charge on any atom is 0.282 e. The molecule has 2 heterocycles. The van der Waals surface area contributed by atoms with Crippen molar-refractivity contribution in [3.63, 3.8) is 0 Å². The quantitative estimate of drug-likeness (QED) is 0.147. The molecule has 0 radical (unpaired) electrons. The van der Waals surface area contributed by atoms with Crippen molar-refractivity contribution in [2.75, 3.05) is 0 Å². The molecule has 2 aromatic heterocycles. The van der Waals surface area contributed by atoms with Crippen LogP contribution in [0.25, 0.3) is 22.2 Å². The maximum absolute atomic E-state index is 13.2. The smallest absolute Gasteiger partial charge is 0.282 e. The minimum Gasteiger partial charge on any atom is -0.464 e. The molecule has 0 unspecified atom stereocenters. The van der Waals surface area contributed by atoms with Crippen LogP contribution in [0.1, 0.15) is 11.4 Å². The molecule has 0 saturated heterocycles. The van der Waals surface area contributed by atoms with Crippen molar-refractivity contribution in [3.05, 3.63) is 117 Å². The molecule has 5 rings (SSSR count). The number of amidine groups is 1. The second-order valence-electron chi connectivity index (χ2n) is 7.57. The lowest BCUT2D eigenvalue weighted by Crippen LogP contribution is -2.22. The third-order valence-corrected chi connectivity index (χ3v) is 5.75. The summed E-state index contributed by atoms with van der Waals surface area (Å²) in [5.41, 5.74) is 2.07. The largest absolute Gasteiger partial charge is 0.464 e. The third kappa shape index (κ3) is 4.77. The van der Waals surface area contributed by atoms with Crippen molar-refractivity contribution in [2.24, 2.45) is 15.3 Å². The molecular weight excluding hydrogens is 485 g/mol. The number of rotatable bonds is 4. The van der Waals surface area contributed by atoms with E-state index in [9.17, 15) is 4.79 Å². The van der Waals surface area contributed by atoms with E-state index in [0.717, 1.165) is 5.56 Å². The van der Waals surface area contributed by atoms with Crippen LogP contribution in [0.3, 0.4) is 0 Å². The molecule has 172 valence electrons. The van der Waals surface area contributed by atoms with Gasteiger partial charge in [0.15, 0.2) is 0 Å². The molecule has 0 N–H and O–H groups in total. The molecule has 9 heteroatoms. The summed E-state index contributed by atoms with van der Waals surface area (Å²) in [5.74, 6) is 1.27. The zero-order chi connectivity index (χ0) is 24.4. The lowest BCUT2D eigenvalue weighted by atomic mass is 10.1. The topological polar surface area (TPSA) is 85.1 Å². The fourth-order valence-electron chi connectivity index (χ4n) is 3.50. The normalized spacial score (nSPS) is 12.0. The number of hydrogen-bond acceptors (Lipinski definition) is 5. The molecule has 0 bridgehead atoms. The molecule has 0 amide bonds. The number of aromatic nitrogens is 2. The summed E-state index contributed by atoms with van der Waals surface area (Å²) in [7, 11) is 0. The molecule has 3 aromatic carbocycles. The Bertz CT molecular complexity index is 1660. The van der Waals surface area contributed by atoms with Gasteiger partial charge >= 0.3 is 0 Å². The Morgan fingerprint density at radius 3 is 2.66 bits per heavy atom. The molecule has 0 aliphatic rings. The summed E-state index contributed by atoms with van der Waals surface area (Å²) in [6, 6.07) is 23.1. The van der Waals surface area contributed by atoms with Gasteiger partial charge in [0.25, 0.3) is 5.56 Å². The highest BCUT2D eigenvalue weighted by atomic mass is 35.5. The van der Waals surface area contributed by atoms with Gasteiger partial charge in [0.2, 0.25) is 5.84 Å². The zero-order valence-electron chi connectivity index (χ0n) is 18.4. The minimum atomic E-state index is -0.316. The summed E-state index contributed by atoms with van der Waals surface area (Å²) in [6.07, 6.45) is 1.60. The van der Waals surface area contributed by atoms with Gasteiger partial charge in [-0.3, -0.25) is 4.79 Å². The van der Waals surface area contributed by atoms with Gasteiger partial charge in [0.1, 0.15) is 17.3 Å². The van der Waals surface area contributed by atoms with Crippen molar-refractivity contribution in [1.82, 2.24) is 9.66 Å². The summed E-state index contributed by atoms with van der Waals surface area (Å²) >= 11 is 12.4. The number of furan rings is 1. The zero-order valence-corrected chi connectivity index (χ0v) is 19.9. The van der Waals surface area contributed by atoms with Crippen molar-refractivity contribution >= 4 is 45.6 Å². The van der Waals surface area contributed by atoms with Crippen LogP contribution in [-0.4, -0.2) is 15.5 Å². The van der Waals surface area contributed by atoms with Crippen LogP contribution in [0.4, 0.5) is 5.69 Å². The number of azo groups is 1. The van der Waals surface area contributed by atoms with E-state index < -0.39 is 0 Å². The molecule has 0 aliphatic heterocycles. The Hall–Kier alpha value is -4.07. The van der Waals surface area contributed by atoms with Crippen molar-refractivity contribution < 1.29 is 4.42 Å². The van der Waals surface area contributed by atoms with E-state index in [2.05, 4.69) is 20.3 Å². The van der Waals surface area contributed by atoms with E-state index in [1.165, 1.54) is 4.68 Å². The van der Waals surface area contributed by atoms with E-state index in [1.54, 1.807) is 49.6 Å². The highest BCUT2D eigenvalue weighted by Gasteiger charge is 2.12. The second kappa shape index (κ2) is 9.66. The predicted octanol–water partition coefficient (Wildman–Crippen LogP) is 7.27. The van der Waals surface area contributed by atoms with E-state index in [4.69, 9.17) is 27.6 Å². The van der Waals surface area contributed by atoms with Gasteiger partial charge < -0.3 is 4.42 Å². The van der Waals surface area contributed by atoms with Gasteiger partial charge in [-0.1, -0.05) is 53.5 Å². The maximum atomic E-state index is 13.2. The lowest BCUT2D eigenvalue weighted by molar-refractivity contribution is 0.582. The Morgan fingerprint density at radius 2 is 1.83 bits per heavy atom. The first kappa shape index (κ1) is 22.7. The van der Waals surface area contributed by atoms with Gasteiger partial charge in [-0.05, 0) is 55.5 Å². The van der Waals surface area contributed by atoms with Crippen LogP contribution >= 0.6 is 23.2 Å². The fraction of sp³-hybridized carbons (Fsp3) is 0.0385. The van der Waals surface area contributed by atoms with Crippen molar-refractivity contribution in [2.45, 2.75) is 6.92 Å². The molecule has 0 fully saturated rings. The first-order valence-electron chi connectivity index (χ1n) is 10.6. The van der Waals surface area contributed by atoms with Crippen LogP contribution in [0.2, 0.25) is 10.0 Å². The highest BCUT2D eigenvalue weighted by molar-refractivity contribution is 6.35. The van der Waals surface area contributed by atoms with E-state index in [-0.39, 0.29) is 11.4 Å². The van der Waals surface area contributed by atoms with Gasteiger partial charge in [0.05, 0.1) is 22.2 Å². The van der Waals surface area contributed by atoms with Gasteiger partial charge in [-0.2, -0.15) is 4.68 Å². The highest BCUT2D eigenvalue weighted by Crippen LogP contribution is 2.29. The number of fused-ring (bicyclic) bond motifs is 1. The minimum absolute atomic E-state index is 0.178. The Morgan fingerprint density at radius 1 is 0.971 bits per heavy atom. The Labute approximate surface area is 210 Å². The van der Waals surface area contributed by atoms with Crippen LogP contribution < -0.4 is 5.56 Å². The molecule has 0 atom stereocenters. The van der Waals surface area contributed by atoms with Crippen LogP contribution in [0, 0.1) is 6.92 Å². The van der Waals surface area contributed by atoms with Crippen LogP contribution in [0.15, 0.2) is 110 Å². The van der Waals surface area contributed by atoms with Gasteiger partial charge in [-0.15, -0.1) is 15.3 Å². The van der Waals surface area contributed by atoms with Crippen molar-refractivity contribution in [1.29, 1.82) is 0 Å². The third-order valence-electron chi connectivity index (χ3n) is 5.20. The molecule has 7 nitrogen and oxygen atoms in total. The lowest BCUT2D eigenvalue weighted by Gasteiger charge is -2.08. The first-order valence-corrected chi connectivity index (χ1v) is 11.3. The molecule has 5 aromatic rings. The standard InChI is InChI=1S/C26H17Cl2N5O2/c1-16-29-22-9-3-2-8-20(22)26(34)33(16)32-25(31-30-23-15-19(27)11-12-21(23)28)18-7-4-6-17(14-18)24-10-5-13-35-24/h2-15H,1H3/b31-30?,32-25+. The summed E-state index contributed by atoms with van der Waals surface area (Å²) < 4.78 is 6.74. The first-order chi connectivity index (χ1) is 17.0. The summed E-state index contributed by atoms with van der Waals surface area (Å²) in [6.45, 7) is 1.71. The molecular formula is C26H17Cl2N5O2. The fourth-order valence-corrected chi connectivity index (χ4v) is 3.82. The Kier molecular flexibility index (Phi) is 6.27. The Balaban J connectivity index is 1.69.